The van der Waals surface area contributed by atoms with Gasteiger partial charge in [0.25, 0.3) is 0 Å². The molecule has 106 valence electrons. The van der Waals surface area contributed by atoms with Gasteiger partial charge in [0.1, 0.15) is 6.04 Å². The highest BCUT2D eigenvalue weighted by Gasteiger charge is 2.28. The number of carbonyl (C=O) groups is 1. The van der Waals surface area contributed by atoms with Crippen LogP contribution in [0.2, 0.25) is 0 Å². The molecule has 0 spiro atoms. The van der Waals surface area contributed by atoms with Crippen molar-refractivity contribution >= 4 is 28.8 Å². The van der Waals surface area contributed by atoms with E-state index in [1.165, 1.54) is 0 Å². The number of amides is 1. The summed E-state index contributed by atoms with van der Waals surface area (Å²) in [7, 11) is 1.66. The fourth-order valence-electron chi connectivity index (χ4n) is 2.08. The first-order chi connectivity index (χ1) is 9.24. The molecule has 2 heterocycles. The lowest BCUT2D eigenvalue weighted by molar-refractivity contribution is -0.131. The second kappa shape index (κ2) is 7.19. The molecule has 0 radical (unpaired) electrons. The van der Waals surface area contributed by atoms with Gasteiger partial charge in [0.2, 0.25) is 5.91 Å². The van der Waals surface area contributed by atoms with Crippen molar-refractivity contribution < 1.29 is 9.53 Å². The zero-order chi connectivity index (χ0) is 13.7. The third-order valence-corrected chi connectivity index (χ3v) is 4.37. The third-order valence-electron chi connectivity index (χ3n) is 3.14. The number of hydrogen-bond acceptors (Lipinski definition) is 5. The molecule has 1 aliphatic rings. The number of rotatable bonds is 5. The second-order valence-corrected chi connectivity index (χ2v) is 5.57. The van der Waals surface area contributed by atoms with Gasteiger partial charge in [-0.3, -0.25) is 9.69 Å². The van der Waals surface area contributed by atoms with Gasteiger partial charge in [0.05, 0.1) is 29.8 Å². The van der Waals surface area contributed by atoms with Crippen LogP contribution in [0.3, 0.4) is 0 Å². The zero-order valence-electron chi connectivity index (χ0n) is 10.9. The van der Waals surface area contributed by atoms with Crippen LogP contribution in [0.15, 0.2) is 5.38 Å². The smallest absolute Gasteiger partial charge is 0.239 e. The molecule has 1 aromatic rings. The van der Waals surface area contributed by atoms with Crippen molar-refractivity contribution in [3.63, 3.8) is 0 Å². The fourth-order valence-corrected chi connectivity index (χ4v) is 3.09. The van der Waals surface area contributed by atoms with Crippen molar-refractivity contribution in [2.24, 2.45) is 0 Å². The van der Waals surface area contributed by atoms with Crippen LogP contribution >= 0.6 is 22.9 Å². The molecule has 1 amide bonds. The summed E-state index contributed by atoms with van der Waals surface area (Å²) >= 11 is 7.36. The number of nitrogens with zero attached hydrogens (tertiary/aromatic N) is 2. The Hall–Kier alpha value is -0.690. The molecule has 1 fully saturated rings. The molecule has 1 aromatic heterocycles. The van der Waals surface area contributed by atoms with Gasteiger partial charge in [-0.15, -0.1) is 22.9 Å². The van der Waals surface area contributed by atoms with Crippen molar-refractivity contribution in [2.45, 2.75) is 18.3 Å². The van der Waals surface area contributed by atoms with Crippen LogP contribution < -0.4 is 5.32 Å². The molecule has 1 saturated heterocycles. The van der Waals surface area contributed by atoms with Crippen LogP contribution in [0, 0.1) is 0 Å². The molecule has 1 unspecified atom stereocenters. The molecule has 19 heavy (non-hydrogen) atoms. The molecular formula is C12H18ClN3O2S. The van der Waals surface area contributed by atoms with Gasteiger partial charge in [-0.1, -0.05) is 0 Å². The number of nitrogens with one attached hydrogen (secondary N) is 1. The van der Waals surface area contributed by atoms with Crippen molar-refractivity contribution in [1.29, 1.82) is 0 Å². The van der Waals surface area contributed by atoms with E-state index in [1.54, 1.807) is 18.4 Å². The lowest BCUT2D eigenvalue weighted by atomic mass is 10.2. The molecular weight excluding hydrogens is 286 g/mol. The normalized spacial score (nSPS) is 20.4. The lowest BCUT2D eigenvalue weighted by Crippen LogP contribution is -2.53. The summed E-state index contributed by atoms with van der Waals surface area (Å²) in [6, 6.07) is -0.189. The van der Waals surface area contributed by atoms with E-state index in [0.29, 0.717) is 19.1 Å². The highest BCUT2D eigenvalue weighted by Crippen LogP contribution is 2.14. The summed E-state index contributed by atoms with van der Waals surface area (Å²) < 4.78 is 5.38. The van der Waals surface area contributed by atoms with E-state index in [2.05, 4.69) is 15.2 Å². The molecule has 1 N–H and O–H groups in total. The van der Waals surface area contributed by atoms with Gasteiger partial charge in [-0.2, -0.15) is 0 Å². The molecule has 2 rings (SSSR count). The van der Waals surface area contributed by atoms with Gasteiger partial charge in [-0.05, 0) is 0 Å². The van der Waals surface area contributed by atoms with Gasteiger partial charge in [-0.25, -0.2) is 4.98 Å². The number of ether oxygens (including phenoxy) is 1. The highest BCUT2D eigenvalue weighted by molar-refractivity contribution is 7.09. The Morgan fingerprint density at radius 1 is 1.74 bits per heavy atom. The number of likely N-dealkylation sites (N-methyl/N-ethyl adjacent to an activating group) is 1. The summed E-state index contributed by atoms with van der Waals surface area (Å²) in [4.78, 5) is 18.4. The van der Waals surface area contributed by atoms with Gasteiger partial charge in [0, 0.05) is 31.9 Å². The Morgan fingerprint density at radius 3 is 3.26 bits per heavy atom. The summed E-state index contributed by atoms with van der Waals surface area (Å²) in [5.41, 5.74) is 0.923. The zero-order valence-corrected chi connectivity index (χ0v) is 12.5. The SMILES string of the molecule is CNC(=O)C1COCCN1CCc1nc(CCl)cs1. The topological polar surface area (TPSA) is 54.5 Å². The number of morpholine rings is 1. The van der Waals surface area contributed by atoms with Gasteiger partial charge < -0.3 is 10.1 Å². The largest absolute Gasteiger partial charge is 0.378 e. The van der Waals surface area contributed by atoms with E-state index >= 15 is 0 Å². The Kier molecular flexibility index (Phi) is 5.57. The molecule has 0 aromatic carbocycles. The molecule has 1 atom stereocenters. The Balaban J connectivity index is 1.90. The second-order valence-electron chi connectivity index (χ2n) is 4.36. The molecule has 0 saturated carbocycles. The molecule has 1 aliphatic heterocycles. The lowest BCUT2D eigenvalue weighted by Gasteiger charge is -2.33. The number of halogens is 1. The van der Waals surface area contributed by atoms with Gasteiger partial charge in [0.15, 0.2) is 0 Å². The number of hydrogen-bond donors (Lipinski definition) is 1. The van der Waals surface area contributed by atoms with Crippen molar-refractivity contribution in [2.75, 3.05) is 33.4 Å². The van der Waals surface area contributed by atoms with E-state index in [-0.39, 0.29) is 11.9 Å². The first-order valence-electron chi connectivity index (χ1n) is 6.27. The van der Waals surface area contributed by atoms with Crippen LogP contribution in [0.25, 0.3) is 0 Å². The van der Waals surface area contributed by atoms with E-state index < -0.39 is 0 Å². The molecule has 5 nitrogen and oxygen atoms in total. The minimum atomic E-state index is -0.189. The van der Waals surface area contributed by atoms with Crippen LogP contribution in [-0.2, 0) is 21.8 Å². The van der Waals surface area contributed by atoms with Crippen LogP contribution in [0.5, 0.6) is 0 Å². The standard InChI is InChI=1S/C12H18ClN3O2S/c1-14-12(17)10-7-18-5-4-16(10)3-2-11-15-9(6-13)8-19-11/h8,10H,2-7H2,1H3,(H,14,17). The Bertz CT molecular complexity index is 427. The third kappa shape index (κ3) is 3.89. The predicted octanol–water partition coefficient (Wildman–Crippen LogP) is 0.871. The molecule has 7 heteroatoms. The van der Waals surface area contributed by atoms with E-state index in [4.69, 9.17) is 16.3 Å². The summed E-state index contributed by atoms with van der Waals surface area (Å²) in [5, 5.41) is 5.74. The first kappa shape index (κ1) is 14.7. The molecule has 0 bridgehead atoms. The minimum Gasteiger partial charge on any atom is -0.378 e. The van der Waals surface area contributed by atoms with E-state index in [9.17, 15) is 4.79 Å². The molecule has 0 aliphatic carbocycles. The summed E-state index contributed by atoms with van der Waals surface area (Å²) in [6.45, 7) is 2.74. The summed E-state index contributed by atoms with van der Waals surface area (Å²) in [5.74, 6) is 0.467. The monoisotopic (exact) mass is 303 g/mol. The van der Waals surface area contributed by atoms with E-state index in [1.807, 2.05) is 5.38 Å². The van der Waals surface area contributed by atoms with E-state index in [0.717, 1.165) is 30.2 Å². The number of thiazole rings is 1. The minimum absolute atomic E-state index is 0.0142. The van der Waals surface area contributed by atoms with Crippen LogP contribution in [0.1, 0.15) is 10.7 Å². The van der Waals surface area contributed by atoms with Crippen LogP contribution in [-0.4, -0.2) is 55.2 Å². The fraction of sp³-hybridized carbons (Fsp3) is 0.667. The van der Waals surface area contributed by atoms with Crippen molar-refractivity contribution in [1.82, 2.24) is 15.2 Å². The van der Waals surface area contributed by atoms with Crippen LogP contribution in [0.4, 0.5) is 0 Å². The predicted molar refractivity (Wildman–Crippen MR) is 75.6 cm³/mol. The Morgan fingerprint density at radius 2 is 2.58 bits per heavy atom. The average molecular weight is 304 g/mol. The maximum atomic E-state index is 11.8. The maximum Gasteiger partial charge on any atom is 0.239 e. The maximum absolute atomic E-state index is 11.8. The highest BCUT2D eigenvalue weighted by atomic mass is 35.5. The number of carbonyl (C=O) groups excluding carboxylic acids is 1. The number of aromatic nitrogens is 1. The van der Waals surface area contributed by atoms with Crippen molar-refractivity contribution in [3.8, 4) is 0 Å². The Labute approximate surface area is 121 Å². The quantitative estimate of drug-likeness (QED) is 0.820. The van der Waals surface area contributed by atoms with Gasteiger partial charge >= 0.3 is 0 Å². The summed E-state index contributed by atoms with van der Waals surface area (Å²) in [6.07, 6.45) is 0.842. The average Bonchev–Trinajstić information content (AvgIpc) is 2.92. The number of alkyl halides is 1. The first-order valence-corrected chi connectivity index (χ1v) is 7.68. The van der Waals surface area contributed by atoms with Crippen molar-refractivity contribution in [3.05, 3.63) is 16.1 Å².